The SMILES string of the molecule is O=C(NC(CCF)CCCCF)c1cccc(C2CC2NCC2CC2)c1. The second-order valence-corrected chi connectivity index (χ2v) is 7.76. The van der Waals surface area contributed by atoms with E-state index >= 15 is 0 Å². The quantitative estimate of drug-likeness (QED) is 0.547. The summed E-state index contributed by atoms with van der Waals surface area (Å²) in [5, 5.41) is 6.54. The first-order valence-corrected chi connectivity index (χ1v) is 9.97. The number of benzene rings is 1. The maximum Gasteiger partial charge on any atom is 0.251 e. The molecule has 144 valence electrons. The molecule has 3 unspecified atom stereocenters. The number of rotatable bonds is 12. The average Bonchev–Trinajstić information content (AvgIpc) is 3.55. The standard InChI is InChI=1S/C21H30F2N2O/c22-10-2-1-6-18(9-11-23)25-21(26)17-5-3-4-16(12-17)19-13-20(19)24-14-15-7-8-15/h3-5,12,15,18-20,24H,1-2,6-11,13-14H2,(H,25,26). The van der Waals surface area contributed by atoms with Gasteiger partial charge in [-0.3, -0.25) is 13.6 Å². The molecule has 0 bridgehead atoms. The Bertz CT molecular complexity index is 591. The van der Waals surface area contributed by atoms with Crippen LogP contribution in [-0.4, -0.2) is 37.9 Å². The largest absolute Gasteiger partial charge is 0.349 e. The van der Waals surface area contributed by atoms with Crippen molar-refractivity contribution in [2.45, 2.75) is 62.9 Å². The minimum atomic E-state index is -0.475. The smallest absolute Gasteiger partial charge is 0.251 e. The Hall–Kier alpha value is -1.49. The monoisotopic (exact) mass is 364 g/mol. The molecule has 2 N–H and O–H groups in total. The molecule has 3 rings (SSSR count). The molecule has 1 aromatic carbocycles. The molecule has 5 heteroatoms. The van der Waals surface area contributed by atoms with Crippen LogP contribution in [0.4, 0.5) is 8.78 Å². The van der Waals surface area contributed by atoms with E-state index in [-0.39, 0.29) is 25.0 Å². The van der Waals surface area contributed by atoms with Crippen molar-refractivity contribution in [3.8, 4) is 0 Å². The van der Waals surface area contributed by atoms with Crippen molar-refractivity contribution in [3.63, 3.8) is 0 Å². The van der Waals surface area contributed by atoms with Gasteiger partial charge in [0, 0.05) is 23.6 Å². The van der Waals surface area contributed by atoms with Crippen LogP contribution in [0.15, 0.2) is 24.3 Å². The van der Waals surface area contributed by atoms with E-state index in [1.807, 2.05) is 18.2 Å². The third-order valence-electron chi connectivity index (χ3n) is 5.46. The minimum Gasteiger partial charge on any atom is -0.349 e. The molecule has 0 heterocycles. The molecule has 1 aromatic rings. The van der Waals surface area contributed by atoms with Crippen molar-refractivity contribution in [2.24, 2.45) is 5.92 Å². The van der Waals surface area contributed by atoms with E-state index in [0.29, 0.717) is 36.8 Å². The predicted octanol–water partition coefficient (Wildman–Crippen LogP) is 4.14. The van der Waals surface area contributed by atoms with Crippen molar-refractivity contribution < 1.29 is 13.6 Å². The Kier molecular flexibility index (Phi) is 7.00. The van der Waals surface area contributed by atoms with Crippen LogP contribution in [0.25, 0.3) is 0 Å². The highest BCUT2D eigenvalue weighted by atomic mass is 19.1. The van der Waals surface area contributed by atoms with E-state index in [9.17, 15) is 13.6 Å². The number of carbonyl (C=O) groups is 1. The molecule has 2 aliphatic rings. The molecular weight excluding hydrogens is 334 g/mol. The van der Waals surface area contributed by atoms with Gasteiger partial charge in [0.1, 0.15) is 0 Å². The summed E-state index contributed by atoms with van der Waals surface area (Å²) in [5.74, 6) is 1.21. The van der Waals surface area contributed by atoms with Crippen LogP contribution in [-0.2, 0) is 0 Å². The van der Waals surface area contributed by atoms with Crippen LogP contribution < -0.4 is 10.6 Å². The predicted molar refractivity (Wildman–Crippen MR) is 100.0 cm³/mol. The molecular formula is C21H30F2N2O. The zero-order chi connectivity index (χ0) is 18.4. The molecule has 3 atom stereocenters. The van der Waals surface area contributed by atoms with E-state index in [1.165, 1.54) is 18.4 Å². The molecule has 1 amide bonds. The van der Waals surface area contributed by atoms with Gasteiger partial charge in [-0.2, -0.15) is 0 Å². The second-order valence-electron chi connectivity index (χ2n) is 7.76. The normalized spacial score (nSPS) is 22.8. The highest BCUT2D eigenvalue weighted by Gasteiger charge is 2.39. The molecule has 0 spiro atoms. The number of hydrogen-bond acceptors (Lipinski definition) is 2. The summed E-state index contributed by atoms with van der Waals surface area (Å²) in [6, 6.07) is 8.09. The van der Waals surface area contributed by atoms with Gasteiger partial charge in [-0.1, -0.05) is 12.1 Å². The van der Waals surface area contributed by atoms with Gasteiger partial charge in [-0.15, -0.1) is 0 Å². The fraction of sp³-hybridized carbons (Fsp3) is 0.667. The summed E-state index contributed by atoms with van der Waals surface area (Å²) >= 11 is 0. The number of hydrogen-bond donors (Lipinski definition) is 2. The molecule has 2 aliphatic carbocycles. The number of carbonyl (C=O) groups excluding carboxylic acids is 1. The van der Waals surface area contributed by atoms with Gasteiger partial charge in [0.2, 0.25) is 0 Å². The zero-order valence-corrected chi connectivity index (χ0v) is 15.4. The maximum absolute atomic E-state index is 12.7. The molecule has 0 aliphatic heterocycles. The molecule has 0 radical (unpaired) electrons. The lowest BCUT2D eigenvalue weighted by Crippen LogP contribution is -2.35. The third-order valence-corrected chi connectivity index (χ3v) is 5.46. The lowest BCUT2D eigenvalue weighted by Gasteiger charge is -2.17. The summed E-state index contributed by atoms with van der Waals surface area (Å²) in [7, 11) is 0. The topological polar surface area (TPSA) is 41.1 Å². The number of alkyl halides is 2. The van der Waals surface area contributed by atoms with E-state index in [2.05, 4.69) is 16.7 Å². The van der Waals surface area contributed by atoms with Gasteiger partial charge in [-0.05, 0) is 75.1 Å². The third kappa shape index (κ3) is 5.76. The van der Waals surface area contributed by atoms with E-state index in [0.717, 1.165) is 18.9 Å². The molecule has 0 saturated heterocycles. The number of unbranched alkanes of at least 4 members (excludes halogenated alkanes) is 1. The van der Waals surface area contributed by atoms with Crippen LogP contribution in [0, 0.1) is 5.92 Å². The van der Waals surface area contributed by atoms with Crippen LogP contribution in [0.5, 0.6) is 0 Å². The summed E-state index contributed by atoms with van der Waals surface area (Å²) in [6.45, 7) is 0.276. The number of halogens is 2. The molecule has 3 nitrogen and oxygen atoms in total. The molecule has 2 saturated carbocycles. The van der Waals surface area contributed by atoms with Crippen molar-refractivity contribution in [1.29, 1.82) is 0 Å². The Balaban J connectivity index is 1.51. The van der Waals surface area contributed by atoms with Gasteiger partial charge in [0.05, 0.1) is 13.3 Å². The first-order chi connectivity index (χ1) is 12.7. The van der Waals surface area contributed by atoms with Crippen LogP contribution in [0.2, 0.25) is 0 Å². The van der Waals surface area contributed by atoms with Crippen molar-refractivity contribution in [1.82, 2.24) is 10.6 Å². The van der Waals surface area contributed by atoms with Crippen LogP contribution in [0.1, 0.15) is 66.8 Å². The molecule has 2 fully saturated rings. The first kappa shape index (κ1) is 19.3. The van der Waals surface area contributed by atoms with Crippen molar-refractivity contribution in [2.75, 3.05) is 19.9 Å². The average molecular weight is 364 g/mol. The molecule has 26 heavy (non-hydrogen) atoms. The van der Waals surface area contributed by atoms with Gasteiger partial charge in [0.25, 0.3) is 5.91 Å². The Morgan fingerprint density at radius 3 is 2.73 bits per heavy atom. The first-order valence-electron chi connectivity index (χ1n) is 9.97. The van der Waals surface area contributed by atoms with Crippen molar-refractivity contribution in [3.05, 3.63) is 35.4 Å². The van der Waals surface area contributed by atoms with E-state index < -0.39 is 6.67 Å². The van der Waals surface area contributed by atoms with Gasteiger partial charge in [-0.25, -0.2) is 0 Å². The lowest BCUT2D eigenvalue weighted by atomic mass is 10.0. The van der Waals surface area contributed by atoms with E-state index in [1.54, 1.807) is 0 Å². The maximum atomic E-state index is 12.7. The summed E-state index contributed by atoms with van der Waals surface area (Å²) in [6.07, 6.45) is 5.87. The van der Waals surface area contributed by atoms with Gasteiger partial charge >= 0.3 is 0 Å². The van der Waals surface area contributed by atoms with Crippen molar-refractivity contribution >= 4 is 5.91 Å². The number of nitrogens with one attached hydrogen (secondary N) is 2. The Morgan fingerprint density at radius 2 is 2.00 bits per heavy atom. The summed E-state index contributed by atoms with van der Waals surface area (Å²) < 4.78 is 25.0. The summed E-state index contributed by atoms with van der Waals surface area (Å²) in [5.41, 5.74) is 1.83. The Morgan fingerprint density at radius 1 is 1.15 bits per heavy atom. The van der Waals surface area contributed by atoms with E-state index in [4.69, 9.17) is 0 Å². The lowest BCUT2D eigenvalue weighted by molar-refractivity contribution is 0.0930. The van der Waals surface area contributed by atoms with Gasteiger partial charge < -0.3 is 10.6 Å². The van der Waals surface area contributed by atoms with Gasteiger partial charge in [0.15, 0.2) is 0 Å². The fourth-order valence-corrected chi connectivity index (χ4v) is 3.51. The number of amides is 1. The minimum absolute atomic E-state index is 0.159. The van der Waals surface area contributed by atoms with Crippen LogP contribution in [0.3, 0.4) is 0 Å². The van der Waals surface area contributed by atoms with Crippen LogP contribution >= 0.6 is 0 Å². The highest BCUT2D eigenvalue weighted by molar-refractivity contribution is 5.94. The second kappa shape index (κ2) is 9.45. The highest BCUT2D eigenvalue weighted by Crippen LogP contribution is 2.41. The zero-order valence-electron chi connectivity index (χ0n) is 15.4. The fourth-order valence-electron chi connectivity index (χ4n) is 3.51. The molecule has 0 aromatic heterocycles. The Labute approximate surface area is 154 Å². The summed E-state index contributed by atoms with van der Waals surface area (Å²) in [4.78, 5) is 12.5.